The molecule has 4 rings (SSSR count). The number of piperidine rings is 1. The van der Waals surface area contributed by atoms with Crippen molar-refractivity contribution in [2.24, 2.45) is 0 Å². The van der Waals surface area contributed by atoms with Crippen LogP contribution >= 0.6 is 0 Å². The molecule has 0 aliphatic carbocycles. The molecule has 2 aliphatic heterocycles. The quantitative estimate of drug-likeness (QED) is 0.741. The molecular weight excluding hydrogens is 382 g/mol. The summed E-state index contributed by atoms with van der Waals surface area (Å²) in [5, 5.41) is 0. The number of nitrogens with zero attached hydrogens (tertiary/aromatic N) is 7. The Labute approximate surface area is 176 Å². The van der Waals surface area contributed by atoms with Gasteiger partial charge in [0, 0.05) is 62.8 Å². The molecule has 0 saturated carbocycles. The van der Waals surface area contributed by atoms with Gasteiger partial charge in [0.1, 0.15) is 12.4 Å². The van der Waals surface area contributed by atoms with Crippen LogP contribution in [0, 0.1) is 13.8 Å². The van der Waals surface area contributed by atoms with Crippen molar-refractivity contribution in [3.8, 4) is 0 Å². The van der Waals surface area contributed by atoms with Crippen molar-refractivity contribution >= 4 is 17.7 Å². The minimum absolute atomic E-state index is 0.0200. The molecule has 0 bridgehead atoms. The number of hydrogen-bond acceptors (Lipinski definition) is 7. The molecule has 9 heteroatoms. The van der Waals surface area contributed by atoms with Crippen molar-refractivity contribution in [3.05, 3.63) is 40.2 Å². The fourth-order valence-electron chi connectivity index (χ4n) is 4.00. The van der Waals surface area contributed by atoms with Crippen LogP contribution in [0.15, 0.2) is 23.3 Å². The lowest BCUT2D eigenvalue weighted by atomic mass is 10.1. The number of aromatic nitrogens is 4. The Kier molecular flexibility index (Phi) is 5.96. The van der Waals surface area contributed by atoms with E-state index in [0.29, 0.717) is 31.9 Å². The average molecular weight is 412 g/mol. The zero-order chi connectivity index (χ0) is 21.1. The van der Waals surface area contributed by atoms with Gasteiger partial charge in [-0.3, -0.25) is 14.2 Å². The molecule has 2 saturated heterocycles. The molecule has 0 aromatic carbocycles. The van der Waals surface area contributed by atoms with Crippen molar-refractivity contribution in [1.82, 2.24) is 24.4 Å². The molecule has 4 heterocycles. The SMILES string of the molecule is Cc1cc(=O)n(CC(=O)N2CCN(c3nc(C)cc(N4CCCCC4)n3)CC2)cn1. The fourth-order valence-corrected chi connectivity index (χ4v) is 4.00. The molecule has 30 heavy (non-hydrogen) atoms. The molecule has 1 amide bonds. The summed E-state index contributed by atoms with van der Waals surface area (Å²) in [6.07, 6.45) is 5.14. The van der Waals surface area contributed by atoms with Gasteiger partial charge in [-0.05, 0) is 33.1 Å². The smallest absolute Gasteiger partial charge is 0.253 e. The van der Waals surface area contributed by atoms with Gasteiger partial charge in [0.25, 0.3) is 5.56 Å². The summed E-state index contributed by atoms with van der Waals surface area (Å²) >= 11 is 0. The second-order valence-electron chi connectivity index (χ2n) is 8.08. The van der Waals surface area contributed by atoms with E-state index in [1.807, 2.05) is 6.92 Å². The van der Waals surface area contributed by atoms with Crippen molar-refractivity contribution in [2.75, 3.05) is 49.1 Å². The van der Waals surface area contributed by atoms with E-state index in [9.17, 15) is 9.59 Å². The van der Waals surface area contributed by atoms with Crippen LogP contribution in [0.1, 0.15) is 30.7 Å². The predicted molar refractivity (Wildman–Crippen MR) is 115 cm³/mol. The van der Waals surface area contributed by atoms with E-state index in [1.54, 1.807) is 11.8 Å². The number of aryl methyl sites for hydroxylation is 2. The summed E-state index contributed by atoms with van der Waals surface area (Å²) in [4.78, 5) is 44.5. The van der Waals surface area contributed by atoms with E-state index >= 15 is 0 Å². The first-order chi connectivity index (χ1) is 14.5. The molecule has 0 radical (unpaired) electrons. The predicted octanol–water partition coefficient (Wildman–Crippen LogP) is 0.989. The zero-order valence-corrected chi connectivity index (χ0v) is 17.8. The summed E-state index contributed by atoms with van der Waals surface area (Å²) in [6, 6.07) is 3.50. The lowest BCUT2D eigenvalue weighted by Crippen LogP contribution is -2.50. The van der Waals surface area contributed by atoms with Gasteiger partial charge in [-0.2, -0.15) is 4.98 Å². The van der Waals surface area contributed by atoms with E-state index in [-0.39, 0.29) is 18.0 Å². The van der Waals surface area contributed by atoms with E-state index in [0.717, 1.165) is 30.5 Å². The van der Waals surface area contributed by atoms with Crippen molar-refractivity contribution < 1.29 is 4.79 Å². The first kappa shape index (κ1) is 20.3. The molecule has 0 spiro atoms. The number of anilines is 2. The van der Waals surface area contributed by atoms with E-state index in [1.165, 1.54) is 36.2 Å². The minimum atomic E-state index is -0.201. The Balaban J connectivity index is 1.38. The highest BCUT2D eigenvalue weighted by Crippen LogP contribution is 2.22. The molecule has 2 aliphatic rings. The number of rotatable bonds is 4. The number of amides is 1. The lowest BCUT2D eigenvalue weighted by molar-refractivity contribution is -0.132. The van der Waals surface area contributed by atoms with Crippen LogP contribution in [0.25, 0.3) is 0 Å². The van der Waals surface area contributed by atoms with Gasteiger partial charge in [-0.25, -0.2) is 9.97 Å². The second kappa shape index (κ2) is 8.81. The van der Waals surface area contributed by atoms with Crippen LogP contribution < -0.4 is 15.4 Å². The van der Waals surface area contributed by atoms with E-state index in [2.05, 4.69) is 25.8 Å². The minimum Gasteiger partial charge on any atom is -0.356 e. The number of piperazine rings is 1. The zero-order valence-electron chi connectivity index (χ0n) is 17.8. The second-order valence-corrected chi connectivity index (χ2v) is 8.08. The van der Waals surface area contributed by atoms with Crippen LogP contribution in [-0.4, -0.2) is 69.6 Å². The van der Waals surface area contributed by atoms with Gasteiger partial charge in [-0.1, -0.05) is 0 Å². The molecule has 2 aromatic heterocycles. The maximum atomic E-state index is 12.6. The summed E-state index contributed by atoms with van der Waals surface area (Å²) in [5.41, 5.74) is 1.41. The van der Waals surface area contributed by atoms with Crippen LogP contribution in [-0.2, 0) is 11.3 Å². The van der Waals surface area contributed by atoms with Crippen molar-refractivity contribution in [3.63, 3.8) is 0 Å². The van der Waals surface area contributed by atoms with E-state index in [4.69, 9.17) is 4.98 Å². The van der Waals surface area contributed by atoms with Gasteiger partial charge in [0.05, 0.1) is 6.33 Å². The van der Waals surface area contributed by atoms with Crippen molar-refractivity contribution in [2.45, 2.75) is 39.7 Å². The van der Waals surface area contributed by atoms with E-state index < -0.39 is 0 Å². The highest BCUT2D eigenvalue weighted by atomic mass is 16.2. The average Bonchev–Trinajstić information content (AvgIpc) is 2.76. The first-order valence-electron chi connectivity index (χ1n) is 10.7. The highest BCUT2D eigenvalue weighted by molar-refractivity contribution is 5.76. The summed E-state index contributed by atoms with van der Waals surface area (Å²) in [5.74, 6) is 1.67. The number of carbonyl (C=O) groups is 1. The van der Waals surface area contributed by atoms with Crippen molar-refractivity contribution in [1.29, 1.82) is 0 Å². The number of carbonyl (C=O) groups excluding carboxylic acids is 1. The van der Waals surface area contributed by atoms with Crippen LogP contribution in [0.4, 0.5) is 11.8 Å². The molecule has 0 N–H and O–H groups in total. The van der Waals surface area contributed by atoms with Crippen LogP contribution in [0.2, 0.25) is 0 Å². The summed E-state index contributed by atoms with van der Waals surface area (Å²) in [6.45, 7) is 8.41. The third-order valence-corrected chi connectivity index (χ3v) is 5.75. The largest absolute Gasteiger partial charge is 0.356 e. The Morgan fingerprint density at radius 2 is 1.63 bits per heavy atom. The van der Waals surface area contributed by atoms with Crippen LogP contribution in [0.3, 0.4) is 0 Å². The highest BCUT2D eigenvalue weighted by Gasteiger charge is 2.24. The van der Waals surface area contributed by atoms with Gasteiger partial charge in [-0.15, -0.1) is 0 Å². The monoisotopic (exact) mass is 411 g/mol. The van der Waals surface area contributed by atoms with Gasteiger partial charge >= 0.3 is 0 Å². The summed E-state index contributed by atoms with van der Waals surface area (Å²) in [7, 11) is 0. The summed E-state index contributed by atoms with van der Waals surface area (Å²) < 4.78 is 1.36. The van der Waals surface area contributed by atoms with Crippen LogP contribution in [0.5, 0.6) is 0 Å². The number of hydrogen-bond donors (Lipinski definition) is 0. The molecular formula is C21H29N7O2. The standard InChI is InChI=1S/C21H29N7O2/c1-16-13-19(29)28(15-22-16)14-20(30)26-8-10-27(11-9-26)21-23-17(2)12-18(24-21)25-6-4-3-5-7-25/h12-13,15H,3-11,14H2,1-2H3. The third-order valence-electron chi connectivity index (χ3n) is 5.75. The lowest BCUT2D eigenvalue weighted by Gasteiger charge is -2.35. The molecule has 2 fully saturated rings. The van der Waals surface area contributed by atoms with Gasteiger partial charge in [0.2, 0.25) is 11.9 Å². The Bertz CT molecular complexity index is 960. The Hall–Kier alpha value is -2.97. The third kappa shape index (κ3) is 4.60. The molecule has 0 unspecified atom stereocenters. The molecule has 9 nitrogen and oxygen atoms in total. The molecule has 160 valence electrons. The Morgan fingerprint density at radius 3 is 2.33 bits per heavy atom. The fraction of sp³-hybridized carbons (Fsp3) is 0.571. The van der Waals surface area contributed by atoms with Gasteiger partial charge < -0.3 is 14.7 Å². The normalized spacial score (nSPS) is 17.3. The molecule has 2 aromatic rings. The molecule has 0 atom stereocenters. The first-order valence-corrected chi connectivity index (χ1v) is 10.7. The van der Waals surface area contributed by atoms with Gasteiger partial charge in [0.15, 0.2) is 0 Å². The maximum absolute atomic E-state index is 12.6. The Morgan fingerprint density at radius 1 is 0.900 bits per heavy atom. The maximum Gasteiger partial charge on any atom is 0.253 e. The topological polar surface area (TPSA) is 87.5 Å².